The number of amides is 1. The number of aromatic nitrogens is 2. The van der Waals surface area contributed by atoms with Crippen molar-refractivity contribution in [2.45, 2.75) is 19.3 Å². The molecule has 2 aromatic rings. The smallest absolute Gasteiger partial charge is 0.271 e. The van der Waals surface area contributed by atoms with E-state index in [1.165, 1.54) is 5.56 Å². The Bertz CT molecular complexity index is 570. The molecular formula is C15H19N5O. The minimum Gasteiger partial charge on any atom is -0.351 e. The van der Waals surface area contributed by atoms with Crippen molar-refractivity contribution in [3.05, 3.63) is 53.7 Å². The van der Waals surface area contributed by atoms with Crippen LogP contribution in [-0.2, 0) is 0 Å². The quantitative estimate of drug-likeness (QED) is 0.554. The maximum atomic E-state index is 11.9. The Morgan fingerprint density at radius 1 is 1.19 bits per heavy atom. The van der Waals surface area contributed by atoms with E-state index >= 15 is 0 Å². The highest BCUT2D eigenvalue weighted by atomic mass is 16.1. The first-order valence-corrected chi connectivity index (χ1v) is 6.84. The first-order valence-electron chi connectivity index (χ1n) is 6.84. The first kappa shape index (κ1) is 14.9. The number of rotatable bonds is 6. The molecule has 0 spiro atoms. The summed E-state index contributed by atoms with van der Waals surface area (Å²) in [5.41, 5.74) is 3.91. The molecule has 0 fully saturated rings. The molecule has 6 nitrogen and oxygen atoms in total. The molecular weight excluding hydrogens is 266 g/mol. The number of benzene rings is 1. The summed E-state index contributed by atoms with van der Waals surface area (Å²) >= 11 is 0. The molecule has 21 heavy (non-hydrogen) atoms. The average Bonchev–Trinajstić information content (AvgIpc) is 2.55. The van der Waals surface area contributed by atoms with Gasteiger partial charge in [-0.25, -0.2) is 5.84 Å². The van der Waals surface area contributed by atoms with Crippen LogP contribution in [-0.4, -0.2) is 22.6 Å². The van der Waals surface area contributed by atoms with Crippen LogP contribution < -0.4 is 16.6 Å². The van der Waals surface area contributed by atoms with Crippen molar-refractivity contribution >= 4 is 11.7 Å². The summed E-state index contributed by atoms with van der Waals surface area (Å²) < 4.78 is 0. The summed E-state index contributed by atoms with van der Waals surface area (Å²) in [6.07, 6.45) is 0.867. The molecule has 2 rings (SSSR count). The van der Waals surface area contributed by atoms with E-state index in [4.69, 9.17) is 5.84 Å². The number of anilines is 1. The predicted molar refractivity (Wildman–Crippen MR) is 81.6 cm³/mol. The SMILES string of the molecule is CC(CCNC(=O)c1ccc(NN)nn1)c1ccccc1. The Balaban J connectivity index is 1.81. The van der Waals surface area contributed by atoms with Crippen molar-refractivity contribution in [2.75, 3.05) is 12.0 Å². The molecule has 0 aliphatic heterocycles. The Morgan fingerprint density at radius 2 is 1.95 bits per heavy atom. The molecule has 4 N–H and O–H groups in total. The second kappa shape index (κ2) is 7.35. The minimum absolute atomic E-state index is 0.230. The van der Waals surface area contributed by atoms with Gasteiger partial charge in [-0.3, -0.25) is 4.79 Å². The van der Waals surface area contributed by atoms with Crippen LogP contribution in [0.5, 0.6) is 0 Å². The molecule has 0 radical (unpaired) electrons. The number of nitrogens with zero attached hydrogens (tertiary/aromatic N) is 2. The third-order valence-electron chi connectivity index (χ3n) is 3.28. The van der Waals surface area contributed by atoms with Gasteiger partial charge in [0, 0.05) is 6.54 Å². The Labute approximate surface area is 123 Å². The Kier molecular flexibility index (Phi) is 5.22. The largest absolute Gasteiger partial charge is 0.351 e. The van der Waals surface area contributed by atoms with Crippen molar-refractivity contribution in [1.82, 2.24) is 15.5 Å². The number of hydrogen-bond acceptors (Lipinski definition) is 5. The molecule has 0 saturated heterocycles. The third kappa shape index (κ3) is 4.25. The summed E-state index contributed by atoms with van der Waals surface area (Å²) in [5.74, 6) is 5.77. The molecule has 0 aliphatic carbocycles. The molecule has 1 amide bonds. The van der Waals surface area contributed by atoms with E-state index in [0.29, 0.717) is 18.3 Å². The van der Waals surface area contributed by atoms with Gasteiger partial charge in [0.15, 0.2) is 11.5 Å². The van der Waals surface area contributed by atoms with Gasteiger partial charge in [-0.15, -0.1) is 10.2 Å². The monoisotopic (exact) mass is 285 g/mol. The lowest BCUT2D eigenvalue weighted by atomic mass is 9.98. The van der Waals surface area contributed by atoms with Crippen molar-refractivity contribution < 1.29 is 4.79 Å². The van der Waals surface area contributed by atoms with Gasteiger partial charge >= 0.3 is 0 Å². The van der Waals surface area contributed by atoms with E-state index in [-0.39, 0.29) is 11.6 Å². The fourth-order valence-corrected chi connectivity index (χ4v) is 1.97. The van der Waals surface area contributed by atoms with E-state index in [1.54, 1.807) is 12.1 Å². The van der Waals surface area contributed by atoms with E-state index in [1.807, 2.05) is 18.2 Å². The van der Waals surface area contributed by atoms with Gasteiger partial charge < -0.3 is 10.7 Å². The third-order valence-corrected chi connectivity index (χ3v) is 3.28. The molecule has 110 valence electrons. The molecule has 1 heterocycles. The highest BCUT2D eigenvalue weighted by molar-refractivity contribution is 5.92. The fourth-order valence-electron chi connectivity index (χ4n) is 1.97. The lowest BCUT2D eigenvalue weighted by Crippen LogP contribution is -2.26. The van der Waals surface area contributed by atoms with Crippen molar-refractivity contribution in [3.63, 3.8) is 0 Å². The number of nitrogens with one attached hydrogen (secondary N) is 2. The van der Waals surface area contributed by atoms with Crippen molar-refractivity contribution in [1.29, 1.82) is 0 Å². The Morgan fingerprint density at radius 3 is 2.57 bits per heavy atom. The lowest BCUT2D eigenvalue weighted by molar-refractivity contribution is 0.0946. The highest BCUT2D eigenvalue weighted by Crippen LogP contribution is 2.17. The lowest BCUT2D eigenvalue weighted by Gasteiger charge is -2.12. The van der Waals surface area contributed by atoms with E-state index in [2.05, 4.69) is 40.0 Å². The van der Waals surface area contributed by atoms with Crippen LogP contribution >= 0.6 is 0 Å². The molecule has 6 heteroatoms. The first-order chi connectivity index (χ1) is 10.2. The summed E-state index contributed by atoms with van der Waals surface area (Å²) in [6.45, 7) is 2.73. The van der Waals surface area contributed by atoms with Crippen LogP contribution in [0.3, 0.4) is 0 Å². The van der Waals surface area contributed by atoms with Gasteiger partial charge in [-0.1, -0.05) is 37.3 Å². The number of hydrazine groups is 1. The summed E-state index contributed by atoms with van der Waals surface area (Å²) in [4.78, 5) is 11.9. The number of nitrogen functional groups attached to an aromatic ring is 1. The number of nitrogens with two attached hydrogens (primary N) is 1. The number of hydrogen-bond donors (Lipinski definition) is 3. The fraction of sp³-hybridized carbons (Fsp3) is 0.267. The van der Waals surface area contributed by atoms with Gasteiger partial charge in [0.2, 0.25) is 0 Å². The maximum absolute atomic E-state index is 11.9. The summed E-state index contributed by atoms with van der Waals surface area (Å²) in [5, 5.41) is 10.4. The molecule has 1 aromatic carbocycles. The van der Waals surface area contributed by atoms with Crippen molar-refractivity contribution in [2.24, 2.45) is 5.84 Å². The van der Waals surface area contributed by atoms with Gasteiger partial charge in [0.05, 0.1) is 0 Å². The predicted octanol–water partition coefficient (Wildman–Crippen LogP) is 1.69. The normalized spacial score (nSPS) is 11.7. The molecule has 1 unspecified atom stereocenters. The van der Waals surface area contributed by atoms with E-state index in [0.717, 1.165) is 6.42 Å². The number of carbonyl (C=O) groups is 1. The zero-order valence-corrected chi connectivity index (χ0v) is 11.9. The second-order valence-electron chi connectivity index (χ2n) is 4.80. The van der Waals surface area contributed by atoms with E-state index < -0.39 is 0 Å². The van der Waals surface area contributed by atoms with Gasteiger partial charge in [-0.05, 0) is 30.0 Å². The standard InChI is InChI=1S/C15H19N5O/c1-11(12-5-3-2-4-6-12)9-10-17-15(21)13-7-8-14(18-16)20-19-13/h2-8,11H,9-10,16H2,1H3,(H,17,21)(H,18,20). The molecule has 1 atom stereocenters. The van der Waals surface area contributed by atoms with Crippen LogP contribution in [0.2, 0.25) is 0 Å². The zero-order valence-electron chi connectivity index (χ0n) is 11.9. The maximum Gasteiger partial charge on any atom is 0.271 e. The van der Waals surface area contributed by atoms with Crippen molar-refractivity contribution in [3.8, 4) is 0 Å². The number of carbonyl (C=O) groups excluding carboxylic acids is 1. The molecule has 0 bridgehead atoms. The topological polar surface area (TPSA) is 92.9 Å². The molecule has 0 aliphatic rings. The van der Waals surface area contributed by atoms with Gasteiger partial charge in [0.25, 0.3) is 5.91 Å². The molecule has 0 saturated carbocycles. The molecule has 1 aromatic heterocycles. The van der Waals surface area contributed by atoms with Gasteiger partial charge in [-0.2, -0.15) is 0 Å². The summed E-state index contributed by atoms with van der Waals surface area (Å²) in [6, 6.07) is 13.4. The van der Waals surface area contributed by atoms with Crippen LogP contribution in [0.25, 0.3) is 0 Å². The zero-order chi connectivity index (χ0) is 15.1. The van der Waals surface area contributed by atoms with Crippen LogP contribution in [0.1, 0.15) is 35.3 Å². The minimum atomic E-state index is -0.230. The van der Waals surface area contributed by atoms with Crippen LogP contribution in [0, 0.1) is 0 Å². The average molecular weight is 285 g/mol. The van der Waals surface area contributed by atoms with Crippen LogP contribution in [0.4, 0.5) is 5.82 Å². The highest BCUT2D eigenvalue weighted by Gasteiger charge is 2.09. The summed E-state index contributed by atoms with van der Waals surface area (Å²) in [7, 11) is 0. The van der Waals surface area contributed by atoms with E-state index in [9.17, 15) is 4.79 Å². The van der Waals surface area contributed by atoms with Gasteiger partial charge in [0.1, 0.15) is 0 Å². The Hall–Kier alpha value is -2.47. The second-order valence-corrected chi connectivity index (χ2v) is 4.80. The van der Waals surface area contributed by atoms with Crippen LogP contribution in [0.15, 0.2) is 42.5 Å².